The summed E-state index contributed by atoms with van der Waals surface area (Å²) in [7, 11) is 0. The van der Waals surface area contributed by atoms with Gasteiger partial charge in [-0.2, -0.15) is 0 Å². The number of esters is 1. The Balaban J connectivity index is 1.58. The average molecular weight is 315 g/mol. The van der Waals surface area contributed by atoms with Gasteiger partial charge in [-0.15, -0.1) is 0 Å². The van der Waals surface area contributed by atoms with E-state index in [0.29, 0.717) is 12.3 Å². The molecule has 0 heterocycles. The summed E-state index contributed by atoms with van der Waals surface area (Å²) in [6, 6.07) is 9.54. The number of ether oxygens (including phenoxy) is 1. The van der Waals surface area contributed by atoms with E-state index in [9.17, 15) is 9.59 Å². The second-order valence-corrected chi connectivity index (χ2v) is 6.75. The Bertz CT molecular complexity index is 533. The number of carbonyl (C=O) groups is 2. The summed E-state index contributed by atoms with van der Waals surface area (Å²) in [5, 5.41) is 2.94. The van der Waals surface area contributed by atoms with Crippen LogP contribution in [0.25, 0.3) is 0 Å². The summed E-state index contributed by atoms with van der Waals surface area (Å²) >= 11 is 0. The van der Waals surface area contributed by atoms with Crippen LogP contribution in [0.4, 0.5) is 0 Å². The highest BCUT2D eigenvalue weighted by Gasteiger charge is 2.30. The van der Waals surface area contributed by atoms with Gasteiger partial charge in [0.25, 0.3) is 5.91 Å². The molecule has 4 heteroatoms. The molecule has 0 radical (unpaired) electrons. The third-order valence-electron chi connectivity index (χ3n) is 4.74. The van der Waals surface area contributed by atoms with Crippen molar-refractivity contribution in [2.75, 3.05) is 0 Å². The third kappa shape index (κ3) is 4.81. The van der Waals surface area contributed by atoms with Gasteiger partial charge in [0.2, 0.25) is 6.10 Å². The van der Waals surface area contributed by atoms with Crippen LogP contribution in [0.5, 0.6) is 0 Å². The molecule has 4 nitrogen and oxygen atoms in total. The third-order valence-corrected chi connectivity index (χ3v) is 4.74. The second kappa shape index (κ2) is 7.62. The van der Waals surface area contributed by atoms with Crippen molar-refractivity contribution >= 4 is 11.9 Å². The first-order valence-corrected chi connectivity index (χ1v) is 8.77. The summed E-state index contributed by atoms with van der Waals surface area (Å²) in [6.07, 6.45) is 7.48. The lowest BCUT2D eigenvalue weighted by atomic mass is 10.0. The SMILES string of the molecule is O=C(CCC1CCCC1)O[C@@H](C(=O)NC1CC1)c1ccccc1. The molecular weight excluding hydrogens is 290 g/mol. The smallest absolute Gasteiger partial charge is 0.306 e. The van der Waals surface area contributed by atoms with Gasteiger partial charge in [-0.3, -0.25) is 9.59 Å². The molecule has 2 aliphatic carbocycles. The molecule has 0 unspecified atom stereocenters. The van der Waals surface area contributed by atoms with E-state index in [-0.39, 0.29) is 17.9 Å². The second-order valence-electron chi connectivity index (χ2n) is 6.75. The lowest BCUT2D eigenvalue weighted by molar-refractivity contribution is -0.156. The zero-order valence-corrected chi connectivity index (χ0v) is 13.5. The van der Waals surface area contributed by atoms with Crippen molar-refractivity contribution in [1.29, 1.82) is 0 Å². The first kappa shape index (κ1) is 16.0. The number of hydrogen-bond acceptors (Lipinski definition) is 3. The molecule has 1 amide bonds. The minimum atomic E-state index is -0.826. The molecule has 0 aromatic heterocycles. The summed E-state index contributed by atoms with van der Waals surface area (Å²) in [6.45, 7) is 0. The Kier molecular flexibility index (Phi) is 5.31. The average Bonchev–Trinajstić information content (AvgIpc) is 3.22. The van der Waals surface area contributed by atoms with E-state index < -0.39 is 6.10 Å². The quantitative estimate of drug-likeness (QED) is 0.783. The zero-order valence-electron chi connectivity index (χ0n) is 13.5. The Hall–Kier alpha value is -1.84. The molecule has 1 atom stereocenters. The molecule has 1 N–H and O–H groups in total. The minimum Gasteiger partial charge on any atom is -0.447 e. The van der Waals surface area contributed by atoms with Crippen LogP contribution in [0.2, 0.25) is 0 Å². The van der Waals surface area contributed by atoms with Gasteiger partial charge in [-0.1, -0.05) is 56.0 Å². The highest BCUT2D eigenvalue weighted by Crippen LogP contribution is 2.29. The normalized spacial score (nSPS) is 19.3. The van der Waals surface area contributed by atoms with Gasteiger partial charge in [0, 0.05) is 18.0 Å². The van der Waals surface area contributed by atoms with E-state index in [1.165, 1.54) is 25.7 Å². The van der Waals surface area contributed by atoms with Gasteiger partial charge in [0.05, 0.1) is 0 Å². The number of rotatable bonds is 7. The minimum absolute atomic E-state index is 0.201. The summed E-state index contributed by atoms with van der Waals surface area (Å²) in [5.74, 6) is 0.183. The monoisotopic (exact) mass is 315 g/mol. The van der Waals surface area contributed by atoms with Crippen LogP contribution in [0.3, 0.4) is 0 Å². The Morgan fingerprint density at radius 2 is 1.78 bits per heavy atom. The fraction of sp³-hybridized carbons (Fsp3) is 0.579. The fourth-order valence-electron chi connectivity index (χ4n) is 3.22. The predicted octanol–water partition coefficient (Wildman–Crippen LogP) is 3.52. The van der Waals surface area contributed by atoms with Crippen molar-refractivity contribution in [3.05, 3.63) is 35.9 Å². The zero-order chi connectivity index (χ0) is 16.1. The van der Waals surface area contributed by atoms with Crippen molar-refractivity contribution < 1.29 is 14.3 Å². The van der Waals surface area contributed by atoms with Crippen LogP contribution in [-0.2, 0) is 14.3 Å². The molecule has 124 valence electrons. The van der Waals surface area contributed by atoms with Crippen molar-refractivity contribution in [3.8, 4) is 0 Å². The molecule has 1 aromatic carbocycles. The van der Waals surface area contributed by atoms with E-state index >= 15 is 0 Å². The standard InChI is InChI=1S/C19H25NO3/c21-17(13-10-14-6-4-5-7-14)23-18(15-8-2-1-3-9-15)19(22)20-16-11-12-16/h1-3,8-9,14,16,18H,4-7,10-13H2,(H,20,22)/t18-/m1/s1. The molecule has 0 bridgehead atoms. The Labute approximate surface area is 137 Å². The molecule has 2 aliphatic rings. The Morgan fingerprint density at radius 3 is 2.43 bits per heavy atom. The summed E-state index contributed by atoms with van der Waals surface area (Å²) in [4.78, 5) is 24.6. The molecule has 1 aromatic rings. The number of amides is 1. The largest absolute Gasteiger partial charge is 0.447 e. The van der Waals surface area contributed by atoms with Gasteiger partial charge in [-0.25, -0.2) is 0 Å². The van der Waals surface area contributed by atoms with Crippen molar-refractivity contribution in [2.45, 2.75) is 63.5 Å². The lowest BCUT2D eigenvalue weighted by Crippen LogP contribution is -2.33. The van der Waals surface area contributed by atoms with E-state index in [0.717, 1.165) is 24.8 Å². The van der Waals surface area contributed by atoms with Crippen molar-refractivity contribution in [3.63, 3.8) is 0 Å². The van der Waals surface area contributed by atoms with Crippen molar-refractivity contribution in [1.82, 2.24) is 5.32 Å². The fourth-order valence-corrected chi connectivity index (χ4v) is 3.22. The predicted molar refractivity (Wildman–Crippen MR) is 87.6 cm³/mol. The van der Waals surface area contributed by atoms with E-state index in [2.05, 4.69) is 5.32 Å². The van der Waals surface area contributed by atoms with E-state index in [1.807, 2.05) is 30.3 Å². The van der Waals surface area contributed by atoms with Gasteiger partial charge < -0.3 is 10.1 Å². The highest BCUT2D eigenvalue weighted by molar-refractivity contribution is 5.85. The molecule has 3 rings (SSSR count). The first-order valence-electron chi connectivity index (χ1n) is 8.77. The van der Waals surface area contributed by atoms with Crippen LogP contribution >= 0.6 is 0 Å². The van der Waals surface area contributed by atoms with E-state index in [4.69, 9.17) is 4.74 Å². The lowest BCUT2D eigenvalue weighted by Gasteiger charge is -2.18. The van der Waals surface area contributed by atoms with Gasteiger partial charge >= 0.3 is 5.97 Å². The van der Waals surface area contributed by atoms with Crippen LogP contribution in [0, 0.1) is 5.92 Å². The number of benzene rings is 1. The number of nitrogens with one attached hydrogen (secondary N) is 1. The molecule has 0 saturated heterocycles. The molecule has 2 fully saturated rings. The first-order chi connectivity index (χ1) is 11.2. The van der Waals surface area contributed by atoms with Gasteiger partial charge in [0.1, 0.15) is 0 Å². The maximum absolute atomic E-state index is 12.4. The maximum Gasteiger partial charge on any atom is 0.306 e. The molecule has 0 spiro atoms. The number of carbonyl (C=O) groups excluding carboxylic acids is 2. The molecule has 23 heavy (non-hydrogen) atoms. The van der Waals surface area contributed by atoms with Gasteiger partial charge in [0.15, 0.2) is 0 Å². The molecule has 2 saturated carbocycles. The van der Waals surface area contributed by atoms with Crippen LogP contribution in [0.15, 0.2) is 30.3 Å². The van der Waals surface area contributed by atoms with Crippen molar-refractivity contribution in [2.24, 2.45) is 5.92 Å². The highest BCUT2D eigenvalue weighted by atomic mass is 16.5. The van der Waals surface area contributed by atoms with Crippen LogP contribution in [-0.4, -0.2) is 17.9 Å². The maximum atomic E-state index is 12.4. The molecule has 0 aliphatic heterocycles. The molecular formula is C19H25NO3. The Morgan fingerprint density at radius 1 is 1.09 bits per heavy atom. The van der Waals surface area contributed by atoms with Crippen LogP contribution < -0.4 is 5.32 Å². The topological polar surface area (TPSA) is 55.4 Å². The van der Waals surface area contributed by atoms with E-state index in [1.54, 1.807) is 0 Å². The van der Waals surface area contributed by atoms with Crippen LogP contribution in [0.1, 0.15) is 63.0 Å². The summed E-state index contributed by atoms with van der Waals surface area (Å²) in [5.41, 5.74) is 0.736. The number of hydrogen-bond donors (Lipinski definition) is 1. The van der Waals surface area contributed by atoms with Gasteiger partial charge in [-0.05, 0) is 25.2 Å². The summed E-state index contributed by atoms with van der Waals surface area (Å²) < 4.78 is 5.54.